The average molecular weight is 324 g/mol. The van der Waals surface area contributed by atoms with Crippen molar-refractivity contribution in [3.63, 3.8) is 0 Å². The third-order valence-corrected chi connectivity index (χ3v) is 4.08. The first kappa shape index (κ1) is 17.0. The highest BCUT2D eigenvalue weighted by atomic mass is 16.2. The van der Waals surface area contributed by atoms with Crippen LogP contribution in [0.4, 0.5) is 4.79 Å². The van der Waals surface area contributed by atoms with Crippen molar-refractivity contribution in [1.82, 2.24) is 20.4 Å². The molecule has 2 saturated heterocycles. The molecule has 0 bridgehead atoms. The lowest BCUT2D eigenvalue weighted by Crippen LogP contribution is -2.49. The number of nitrogens with zero attached hydrogens (tertiary/aromatic N) is 3. The number of guanidine groups is 1. The van der Waals surface area contributed by atoms with Gasteiger partial charge in [0.15, 0.2) is 5.96 Å². The summed E-state index contributed by atoms with van der Waals surface area (Å²) < 4.78 is 0. The van der Waals surface area contributed by atoms with Crippen molar-refractivity contribution in [3.8, 4) is 0 Å². The van der Waals surface area contributed by atoms with Crippen molar-refractivity contribution in [2.75, 3.05) is 39.8 Å². The molecule has 4 amide bonds. The van der Waals surface area contributed by atoms with E-state index in [2.05, 4.69) is 20.5 Å². The number of nitrogens with one attached hydrogen (secondary N) is 2. The summed E-state index contributed by atoms with van der Waals surface area (Å²) in [5.41, 5.74) is 5.27. The Morgan fingerprint density at radius 1 is 1.48 bits per heavy atom. The minimum Gasteiger partial charge on any atom is -0.370 e. The number of hydrogen-bond acceptors (Lipinski definition) is 4. The van der Waals surface area contributed by atoms with Crippen LogP contribution in [0.3, 0.4) is 0 Å². The van der Waals surface area contributed by atoms with Crippen molar-refractivity contribution in [3.05, 3.63) is 0 Å². The lowest BCUT2D eigenvalue weighted by Gasteiger charge is -2.34. The van der Waals surface area contributed by atoms with Crippen LogP contribution in [0, 0.1) is 5.92 Å². The minimum atomic E-state index is -0.355. The summed E-state index contributed by atoms with van der Waals surface area (Å²) in [5.74, 6) is 0.460. The van der Waals surface area contributed by atoms with Gasteiger partial charge in [-0.3, -0.25) is 19.5 Å². The molecule has 23 heavy (non-hydrogen) atoms. The molecule has 9 heteroatoms. The largest absolute Gasteiger partial charge is 0.370 e. The summed E-state index contributed by atoms with van der Waals surface area (Å²) >= 11 is 0. The van der Waals surface area contributed by atoms with Gasteiger partial charge in [-0.05, 0) is 18.8 Å². The highest BCUT2D eigenvalue weighted by molar-refractivity contribution is 6.01. The fourth-order valence-electron chi connectivity index (χ4n) is 3.00. The molecule has 0 spiro atoms. The van der Waals surface area contributed by atoms with Crippen LogP contribution in [0.1, 0.15) is 19.3 Å². The maximum Gasteiger partial charge on any atom is 0.324 e. The lowest BCUT2D eigenvalue weighted by molar-refractivity contribution is -0.125. The zero-order valence-corrected chi connectivity index (χ0v) is 13.4. The molecule has 0 saturated carbocycles. The van der Waals surface area contributed by atoms with Crippen LogP contribution in [0.2, 0.25) is 0 Å². The van der Waals surface area contributed by atoms with Crippen LogP contribution in [0.25, 0.3) is 0 Å². The Kier molecular flexibility index (Phi) is 5.78. The van der Waals surface area contributed by atoms with E-state index in [4.69, 9.17) is 5.73 Å². The van der Waals surface area contributed by atoms with Crippen molar-refractivity contribution < 1.29 is 14.4 Å². The number of amides is 4. The SMILES string of the molecule is CN=C(NCCN1C(=O)CNC1=O)N1CCCC(CC(N)=O)C1. The van der Waals surface area contributed by atoms with Crippen molar-refractivity contribution in [2.24, 2.45) is 16.6 Å². The van der Waals surface area contributed by atoms with Gasteiger partial charge in [-0.1, -0.05) is 0 Å². The number of likely N-dealkylation sites (tertiary alicyclic amines) is 1. The smallest absolute Gasteiger partial charge is 0.324 e. The van der Waals surface area contributed by atoms with Gasteiger partial charge >= 0.3 is 6.03 Å². The molecule has 0 aromatic carbocycles. The van der Waals surface area contributed by atoms with E-state index in [1.807, 2.05) is 0 Å². The first-order valence-electron chi connectivity index (χ1n) is 7.83. The van der Waals surface area contributed by atoms with E-state index >= 15 is 0 Å². The molecule has 0 radical (unpaired) electrons. The topological polar surface area (TPSA) is 120 Å². The van der Waals surface area contributed by atoms with E-state index in [0.29, 0.717) is 25.5 Å². The standard InChI is InChI=1S/C14H24N6O3/c1-16-13(17-4-6-20-12(22)8-18-14(20)23)19-5-2-3-10(9-19)7-11(15)21/h10H,2-9H2,1H3,(H2,15,21)(H,16,17)(H,18,23). The van der Waals surface area contributed by atoms with Crippen LogP contribution in [-0.4, -0.2) is 73.4 Å². The van der Waals surface area contributed by atoms with Gasteiger partial charge < -0.3 is 21.3 Å². The molecular weight excluding hydrogens is 300 g/mol. The molecule has 1 atom stereocenters. The Hall–Kier alpha value is -2.32. The van der Waals surface area contributed by atoms with Crippen molar-refractivity contribution in [1.29, 1.82) is 0 Å². The summed E-state index contributed by atoms with van der Waals surface area (Å²) in [6.07, 6.45) is 2.35. The molecule has 0 aromatic rings. The predicted molar refractivity (Wildman–Crippen MR) is 84.6 cm³/mol. The maximum absolute atomic E-state index is 11.5. The second-order valence-electron chi connectivity index (χ2n) is 5.80. The number of imide groups is 1. The Balaban J connectivity index is 1.81. The fraction of sp³-hybridized carbons (Fsp3) is 0.714. The van der Waals surface area contributed by atoms with Gasteiger partial charge in [0.2, 0.25) is 11.8 Å². The summed E-state index contributed by atoms with van der Waals surface area (Å²) in [6, 6.07) is -0.355. The average Bonchev–Trinajstić information content (AvgIpc) is 2.82. The van der Waals surface area contributed by atoms with Crippen LogP contribution in [0.15, 0.2) is 4.99 Å². The van der Waals surface area contributed by atoms with E-state index in [1.165, 1.54) is 4.90 Å². The monoisotopic (exact) mass is 324 g/mol. The van der Waals surface area contributed by atoms with Gasteiger partial charge in [-0.15, -0.1) is 0 Å². The summed E-state index contributed by atoms with van der Waals surface area (Å²) in [6.45, 7) is 2.38. The number of aliphatic imine (C=N–C) groups is 1. The molecule has 2 aliphatic rings. The first-order chi connectivity index (χ1) is 11.0. The maximum atomic E-state index is 11.5. The van der Waals surface area contributed by atoms with Gasteiger partial charge in [0, 0.05) is 39.6 Å². The molecule has 1 unspecified atom stereocenters. The quantitative estimate of drug-likeness (QED) is 0.330. The highest BCUT2D eigenvalue weighted by Crippen LogP contribution is 2.19. The number of rotatable bonds is 5. The van der Waals surface area contributed by atoms with Crippen molar-refractivity contribution in [2.45, 2.75) is 19.3 Å². The first-order valence-corrected chi connectivity index (χ1v) is 7.83. The normalized spacial score (nSPS) is 22.3. The second kappa shape index (κ2) is 7.80. The minimum absolute atomic E-state index is 0.0640. The van der Waals surface area contributed by atoms with Crippen LogP contribution in [-0.2, 0) is 9.59 Å². The van der Waals surface area contributed by atoms with E-state index in [-0.39, 0.29) is 30.3 Å². The van der Waals surface area contributed by atoms with E-state index in [0.717, 1.165) is 25.9 Å². The molecular formula is C14H24N6O3. The number of carbonyl (C=O) groups is 3. The Morgan fingerprint density at radius 3 is 2.87 bits per heavy atom. The zero-order chi connectivity index (χ0) is 16.8. The van der Waals surface area contributed by atoms with Gasteiger partial charge in [-0.2, -0.15) is 0 Å². The highest BCUT2D eigenvalue weighted by Gasteiger charge is 2.28. The second-order valence-corrected chi connectivity index (χ2v) is 5.80. The van der Waals surface area contributed by atoms with Gasteiger partial charge in [-0.25, -0.2) is 4.79 Å². The molecule has 2 aliphatic heterocycles. The molecule has 9 nitrogen and oxygen atoms in total. The molecule has 2 fully saturated rings. The zero-order valence-electron chi connectivity index (χ0n) is 13.4. The molecule has 2 heterocycles. The van der Waals surface area contributed by atoms with Crippen LogP contribution >= 0.6 is 0 Å². The number of primary amides is 1. The summed E-state index contributed by atoms with van der Waals surface area (Å²) in [7, 11) is 1.69. The third-order valence-electron chi connectivity index (χ3n) is 4.08. The number of urea groups is 1. The Morgan fingerprint density at radius 2 is 2.26 bits per heavy atom. The number of carbonyl (C=O) groups excluding carboxylic acids is 3. The molecule has 128 valence electrons. The molecule has 2 rings (SSSR count). The van der Waals surface area contributed by atoms with Crippen molar-refractivity contribution >= 4 is 23.8 Å². The van der Waals surface area contributed by atoms with E-state index < -0.39 is 0 Å². The fourth-order valence-corrected chi connectivity index (χ4v) is 3.00. The number of piperidine rings is 1. The van der Waals surface area contributed by atoms with E-state index in [1.54, 1.807) is 7.05 Å². The number of hydrogen-bond donors (Lipinski definition) is 3. The lowest BCUT2D eigenvalue weighted by atomic mass is 9.95. The Labute approximate surface area is 135 Å². The van der Waals surface area contributed by atoms with Crippen LogP contribution in [0.5, 0.6) is 0 Å². The molecule has 4 N–H and O–H groups in total. The van der Waals surface area contributed by atoms with E-state index in [9.17, 15) is 14.4 Å². The summed E-state index contributed by atoms with van der Waals surface area (Å²) in [4.78, 5) is 41.6. The van der Waals surface area contributed by atoms with Gasteiger partial charge in [0.25, 0.3) is 0 Å². The third kappa shape index (κ3) is 4.57. The van der Waals surface area contributed by atoms with Gasteiger partial charge in [0.05, 0.1) is 6.54 Å². The molecule has 0 aromatic heterocycles. The predicted octanol–water partition coefficient (Wildman–Crippen LogP) is -1.30. The van der Waals surface area contributed by atoms with Gasteiger partial charge in [0.1, 0.15) is 0 Å². The summed E-state index contributed by atoms with van der Waals surface area (Å²) in [5, 5.41) is 5.65. The Bertz CT molecular complexity index is 491. The number of nitrogens with two attached hydrogens (primary N) is 1. The van der Waals surface area contributed by atoms with Crippen LogP contribution < -0.4 is 16.4 Å². The molecule has 0 aliphatic carbocycles.